The molecule has 5 nitrogen and oxygen atoms in total. The second-order valence-electron chi connectivity index (χ2n) is 7.38. The van der Waals surface area contributed by atoms with Crippen molar-refractivity contribution in [2.45, 2.75) is 40.3 Å². The Bertz CT molecular complexity index is 961. The summed E-state index contributed by atoms with van der Waals surface area (Å²) in [5.74, 6) is 1.26. The first-order valence-electron chi connectivity index (χ1n) is 10.6. The number of hydrogen-bond acceptors (Lipinski definition) is 5. The molecule has 0 fully saturated rings. The predicted octanol–water partition coefficient (Wildman–Crippen LogP) is 6.50. The fourth-order valence-electron chi connectivity index (χ4n) is 3.17. The Labute approximate surface area is 192 Å². The highest BCUT2D eigenvalue weighted by Gasteiger charge is 2.35. The Kier molecular flexibility index (Phi) is 9.63. The molecule has 2 aromatic carbocycles. The minimum Gasteiger partial charge on any atom is -0.493 e. The van der Waals surface area contributed by atoms with E-state index in [1.807, 2.05) is 45.1 Å². The highest BCUT2D eigenvalue weighted by molar-refractivity contribution is 5.98. The maximum absolute atomic E-state index is 13.5. The summed E-state index contributed by atoms with van der Waals surface area (Å²) >= 11 is 0. The van der Waals surface area contributed by atoms with Crippen molar-refractivity contribution in [1.29, 1.82) is 0 Å². The lowest BCUT2D eigenvalue weighted by Crippen LogP contribution is -2.12. The summed E-state index contributed by atoms with van der Waals surface area (Å²) in [6.45, 7) is 8.23. The van der Waals surface area contributed by atoms with Crippen LogP contribution in [-0.2, 0) is 11.0 Å². The minimum absolute atomic E-state index is 0.0796. The Morgan fingerprint density at radius 2 is 1.67 bits per heavy atom. The van der Waals surface area contributed by atoms with Gasteiger partial charge in [-0.05, 0) is 74.7 Å². The molecule has 0 aliphatic carbocycles. The molecule has 0 saturated heterocycles. The molecule has 0 bridgehead atoms. The fourth-order valence-corrected chi connectivity index (χ4v) is 3.17. The van der Waals surface area contributed by atoms with Crippen LogP contribution in [0.2, 0.25) is 0 Å². The molecule has 0 saturated carbocycles. The molecule has 0 unspecified atom stereocenters. The molecule has 0 N–H and O–H groups in total. The van der Waals surface area contributed by atoms with Crippen LogP contribution in [0, 0.1) is 13.8 Å². The SMILES string of the molecule is C/C=C/COc1cc(C)c(OCCCOc2ccc(C(C)=NOC)cc2C(F)(F)F)c(C)c1. The van der Waals surface area contributed by atoms with E-state index in [9.17, 15) is 13.2 Å². The zero-order valence-electron chi connectivity index (χ0n) is 19.6. The summed E-state index contributed by atoms with van der Waals surface area (Å²) < 4.78 is 57.5. The first-order chi connectivity index (χ1) is 15.7. The van der Waals surface area contributed by atoms with Gasteiger partial charge in [0.1, 0.15) is 31.0 Å². The first kappa shape index (κ1) is 26.1. The third-order valence-electron chi connectivity index (χ3n) is 4.74. The van der Waals surface area contributed by atoms with E-state index in [0.29, 0.717) is 30.9 Å². The minimum atomic E-state index is -4.56. The first-order valence-corrected chi connectivity index (χ1v) is 10.6. The topological polar surface area (TPSA) is 49.3 Å². The molecule has 0 atom stereocenters. The van der Waals surface area contributed by atoms with Crippen LogP contribution in [0.4, 0.5) is 13.2 Å². The summed E-state index contributed by atoms with van der Waals surface area (Å²) in [5.41, 5.74) is 1.64. The van der Waals surface area contributed by atoms with Gasteiger partial charge in [-0.25, -0.2) is 0 Å². The zero-order chi connectivity index (χ0) is 24.4. The number of allylic oxidation sites excluding steroid dienone is 1. The molecule has 0 heterocycles. The van der Waals surface area contributed by atoms with Crippen LogP contribution in [0.5, 0.6) is 17.2 Å². The molecular weight excluding hydrogens is 435 g/mol. The largest absolute Gasteiger partial charge is 0.493 e. The maximum Gasteiger partial charge on any atom is 0.419 e. The van der Waals surface area contributed by atoms with Crippen molar-refractivity contribution in [1.82, 2.24) is 0 Å². The Morgan fingerprint density at radius 1 is 1.00 bits per heavy atom. The Morgan fingerprint density at radius 3 is 2.27 bits per heavy atom. The number of nitrogens with zero attached hydrogens (tertiary/aromatic N) is 1. The van der Waals surface area contributed by atoms with E-state index < -0.39 is 11.7 Å². The summed E-state index contributed by atoms with van der Waals surface area (Å²) in [6, 6.07) is 7.62. The van der Waals surface area contributed by atoms with Gasteiger partial charge in [-0.1, -0.05) is 17.3 Å². The quantitative estimate of drug-likeness (QED) is 0.165. The number of alkyl halides is 3. The summed E-state index contributed by atoms with van der Waals surface area (Å²) in [7, 11) is 1.34. The van der Waals surface area contributed by atoms with Gasteiger partial charge in [0.15, 0.2) is 0 Å². The van der Waals surface area contributed by atoms with Crippen LogP contribution in [0.15, 0.2) is 47.6 Å². The standard InChI is InChI=1S/C25H30F3NO4/c1-6-7-11-31-21-14-17(2)24(18(3)15-21)33-13-8-12-32-23-10-9-20(19(4)29-30-5)16-22(23)25(26,27)28/h6-7,9-10,14-16H,8,11-13H2,1-5H3/b7-6+,29-19?. The van der Waals surface area contributed by atoms with E-state index in [1.165, 1.54) is 19.2 Å². The van der Waals surface area contributed by atoms with Gasteiger partial charge in [0.05, 0.1) is 24.5 Å². The molecule has 0 aliphatic rings. The monoisotopic (exact) mass is 465 g/mol. The van der Waals surface area contributed by atoms with Crippen molar-refractivity contribution in [2.75, 3.05) is 26.9 Å². The lowest BCUT2D eigenvalue weighted by Gasteiger charge is -2.16. The van der Waals surface area contributed by atoms with Crippen molar-refractivity contribution in [2.24, 2.45) is 5.16 Å². The van der Waals surface area contributed by atoms with Crippen LogP contribution in [-0.4, -0.2) is 32.6 Å². The van der Waals surface area contributed by atoms with Crippen LogP contribution < -0.4 is 14.2 Å². The van der Waals surface area contributed by atoms with Gasteiger partial charge >= 0.3 is 6.18 Å². The second-order valence-corrected chi connectivity index (χ2v) is 7.38. The van der Waals surface area contributed by atoms with E-state index in [-0.39, 0.29) is 12.4 Å². The molecule has 33 heavy (non-hydrogen) atoms. The van der Waals surface area contributed by atoms with E-state index in [1.54, 1.807) is 6.92 Å². The van der Waals surface area contributed by atoms with E-state index in [0.717, 1.165) is 28.7 Å². The third kappa shape index (κ3) is 7.73. The Balaban J connectivity index is 1.96. The maximum atomic E-state index is 13.5. The van der Waals surface area contributed by atoms with Crippen molar-refractivity contribution in [3.05, 3.63) is 64.7 Å². The van der Waals surface area contributed by atoms with E-state index in [2.05, 4.69) is 9.99 Å². The average molecular weight is 466 g/mol. The highest BCUT2D eigenvalue weighted by Crippen LogP contribution is 2.37. The second kappa shape index (κ2) is 12.2. The summed E-state index contributed by atoms with van der Waals surface area (Å²) in [5, 5.41) is 3.68. The normalized spacial score (nSPS) is 12.2. The van der Waals surface area contributed by atoms with Gasteiger partial charge in [0, 0.05) is 6.42 Å². The van der Waals surface area contributed by atoms with Crippen LogP contribution in [0.1, 0.15) is 42.5 Å². The third-order valence-corrected chi connectivity index (χ3v) is 4.74. The molecular formula is C25H30F3NO4. The number of hydrogen-bond donors (Lipinski definition) is 0. The molecule has 180 valence electrons. The molecule has 0 radical (unpaired) electrons. The molecule has 2 aromatic rings. The van der Waals surface area contributed by atoms with Gasteiger partial charge in [-0.2, -0.15) is 13.2 Å². The van der Waals surface area contributed by atoms with Crippen molar-refractivity contribution in [3.8, 4) is 17.2 Å². The van der Waals surface area contributed by atoms with Crippen LogP contribution >= 0.6 is 0 Å². The van der Waals surface area contributed by atoms with Crippen LogP contribution in [0.25, 0.3) is 0 Å². The summed E-state index contributed by atoms with van der Waals surface area (Å²) in [4.78, 5) is 4.64. The number of rotatable bonds is 11. The summed E-state index contributed by atoms with van der Waals surface area (Å²) in [6.07, 6.45) is -0.301. The molecule has 2 rings (SSSR count). The number of oxime groups is 1. The Hall–Kier alpha value is -3.16. The lowest BCUT2D eigenvalue weighted by molar-refractivity contribution is -0.139. The van der Waals surface area contributed by atoms with Crippen LogP contribution in [0.3, 0.4) is 0 Å². The van der Waals surface area contributed by atoms with E-state index >= 15 is 0 Å². The van der Waals surface area contributed by atoms with Gasteiger partial charge in [-0.3, -0.25) is 0 Å². The van der Waals surface area contributed by atoms with E-state index in [4.69, 9.17) is 14.2 Å². The number of benzene rings is 2. The smallest absolute Gasteiger partial charge is 0.419 e. The van der Waals surface area contributed by atoms with Gasteiger partial charge in [0.25, 0.3) is 0 Å². The number of ether oxygens (including phenoxy) is 3. The van der Waals surface area contributed by atoms with Crippen molar-refractivity contribution < 1.29 is 32.2 Å². The zero-order valence-corrected chi connectivity index (χ0v) is 19.6. The molecule has 0 aromatic heterocycles. The average Bonchev–Trinajstić information content (AvgIpc) is 2.75. The molecule has 0 amide bonds. The molecule has 8 heteroatoms. The van der Waals surface area contributed by atoms with Gasteiger partial charge in [-0.15, -0.1) is 0 Å². The highest BCUT2D eigenvalue weighted by atomic mass is 19.4. The van der Waals surface area contributed by atoms with Gasteiger partial charge in [0.2, 0.25) is 0 Å². The number of halogens is 3. The van der Waals surface area contributed by atoms with Crippen molar-refractivity contribution >= 4 is 5.71 Å². The van der Waals surface area contributed by atoms with Crippen molar-refractivity contribution in [3.63, 3.8) is 0 Å². The fraction of sp³-hybridized carbons (Fsp3) is 0.400. The predicted molar refractivity (Wildman–Crippen MR) is 122 cm³/mol. The number of aryl methyl sites for hydroxylation is 2. The molecule has 0 spiro atoms. The lowest BCUT2D eigenvalue weighted by atomic mass is 10.1. The molecule has 0 aliphatic heterocycles. The van der Waals surface area contributed by atoms with Gasteiger partial charge < -0.3 is 19.0 Å².